The first-order chi connectivity index (χ1) is 28.2. The SMILES string of the molecule is c1ccc(-c2cc(-c3cc(-c4ccc(-c5ccc6ccc7cccnc7c6n5)cc4)nc(-c4ccccc4)n3)cc(-c3cccc4sc5ccccc5c34)c2)cc1. The first-order valence-electron chi connectivity index (χ1n) is 19.0. The van der Waals surface area contributed by atoms with Gasteiger partial charge in [0, 0.05) is 59.4 Å². The topological polar surface area (TPSA) is 51.6 Å². The van der Waals surface area contributed by atoms with Crippen molar-refractivity contribution < 1.29 is 0 Å². The average molecular weight is 745 g/mol. The Labute approximate surface area is 333 Å². The Morgan fingerprint density at radius 3 is 1.79 bits per heavy atom. The van der Waals surface area contributed by atoms with Gasteiger partial charge in [-0.15, -0.1) is 11.3 Å². The average Bonchev–Trinajstić information content (AvgIpc) is 3.68. The molecule has 0 aliphatic rings. The van der Waals surface area contributed by atoms with E-state index in [9.17, 15) is 0 Å². The normalized spacial score (nSPS) is 11.5. The summed E-state index contributed by atoms with van der Waals surface area (Å²) in [7, 11) is 0. The summed E-state index contributed by atoms with van der Waals surface area (Å²) in [6.07, 6.45) is 1.83. The van der Waals surface area contributed by atoms with Crippen LogP contribution in [0.25, 0.3) is 109 Å². The minimum atomic E-state index is 0.681. The van der Waals surface area contributed by atoms with E-state index in [-0.39, 0.29) is 0 Å². The van der Waals surface area contributed by atoms with Crippen molar-refractivity contribution >= 4 is 53.3 Å². The molecule has 0 radical (unpaired) electrons. The van der Waals surface area contributed by atoms with E-state index in [2.05, 4.69) is 169 Å². The number of nitrogens with zero attached hydrogens (tertiary/aromatic N) is 4. The highest BCUT2D eigenvalue weighted by Crippen LogP contribution is 2.42. The third-order valence-electron chi connectivity index (χ3n) is 10.7. The summed E-state index contributed by atoms with van der Waals surface area (Å²) < 4.78 is 2.57. The van der Waals surface area contributed by atoms with Gasteiger partial charge in [-0.2, -0.15) is 0 Å². The Morgan fingerprint density at radius 2 is 0.982 bits per heavy atom. The van der Waals surface area contributed by atoms with Crippen molar-refractivity contribution in [2.75, 3.05) is 0 Å². The molecule has 11 aromatic rings. The maximum atomic E-state index is 5.27. The Kier molecular flexibility index (Phi) is 7.97. The van der Waals surface area contributed by atoms with Crippen molar-refractivity contribution in [3.8, 4) is 67.4 Å². The number of aromatic nitrogens is 4. The van der Waals surface area contributed by atoms with Gasteiger partial charge < -0.3 is 0 Å². The third-order valence-corrected chi connectivity index (χ3v) is 11.9. The number of fused-ring (bicyclic) bond motifs is 6. The van der Waals surface area contributed by atoms with Gasteiger partial charge in [-0.3, -0.25) is 4.98 Å². The van der Waals surface area contributed by atoms with Crippen LogP contribution in [0.3, 0.4) is 0 Å². The van der Waals surface area contributed by atoms with Crippen molar-refractivity contribution in [2.45, 2.75) is 0 Å². The van der Waals surface area contributed by atoms with E-state index in [4.69, 9.17) is 15.0 Å². The fourth-order valence-corrected chi connectivity index (χ4v) is 9.03. The summed E-state index contributed by atoms with van der Waals surface area (Å²) >= 11 is 1.84. The van der Waals surface area contributed by atoms with E-state index in [1.165, 1.54) is 25.7 Å². The molecule has 0 aliphatic heterocycles. The summed E-state index contributed by atoms with van der Waals surface area (Å²) in [4.78, 5) is 20.2. The predicted octanol–water partition coefficient (Wildman–Crippen LogP) is 13.9. The van der Waals surface area contributed by atoms with Gasteiger partial charge in [0.25, 0.3) is 0 Å². The number of rotatable bonds is 6. The van der Waals surface area contributed by atoms with Gasteiger partial charge in [-0.1, -0.05) is 140 Å². The zero-order valence-corrected chi connectivity index (χ0v) is 31.5. The smallest absolute Gasteiger partial charge is 0.160 e. The lowest BCUT2D eigenvalue weighted by Crippen LogP contribution is -1.97. The molecule has 0 aliphatic carbocycles. The van der Waals surface area contributed by atoms with E-state index in [0.29, 0.717) is 5.82 Å². The molecule has 266 valence electrons. The first kappa shape index (κ1) is 33.0. The molecule has 4 aromatic heterocycles. The Balaban J connectivity index is 1.07. The highest BCUT2D eigenvalue weighted by Gasteiger charge is 2.17. The lowest BCUT2D eigenvalue weighted by Gasteiger charge is -2.14. The quantitative estimate of drug-likeness (QED) is 0.159. The number of hydrogen-bond acceptors (Lipinski definition) is 5. The predicted molar refractivity (Wildman–Crippen MR) is 238 cm³/mol. The minimum absolute atomic E-state index is 0.681. The Bertz CT molecular complexity index is 3280. The van der Waals surface area contributed by atoms with Crippen LogP contribution >= 0.6 is 11.3 Å². The van der Waals surface area contributed by atoms with Crippen molar-refractivity contribution in [2.24, 2.45) is 0 Å². The minimum Gasteiger partial charge on any atom is -0.254 e. The van der Waals surface area contributed by atoms with Crippen LogP contribution < -0.4 is 0 Å². The first-order valence-corrected chi connectivity index (χ1v) is 19.8. The van der Waals surface area contributed by atoms with Crippen LogP contribution in [0, 0.1) is 0 Å². The molecule has 0 bridgehead atoms. The van der Waals surface area contributed by atoms with Crippen molar-refractivity contribution in [3.63, 3.8) is 0 Å². The molecule has 0 saturated heterocycles. The molecule has 0 amide bonds. The number of hydrogen-bond donors (Lipinski definition) is 0. The standard InChI is InChI=1S/C52H32N4S/c1-3-11-33(12-4-1)39-29-40(42-17-9-19-48-49(42)43-16-7-8-18-47(43)57-48)31-41(30-39)46-32-45(55-52(56-46)38-13-5-2-6-14-38)35-22-20-34(21-23-35)44-27-26-37-25-24-36-15-10-28-53-50(36)51(37)54-44/h1-32H. The van der Waals surface area contributed by atoms with Gasteiger partial charge in [0.1, 0.15) is 0 Å². The maximum absolute atomic E-state index is 5.27. The van der Waals surface area contributed by atoms with Crippen LogP contribution in [0.2, 0.25) is 0 Å². The van der Waals surface area contributed by atoms with Crippen LogP contribution in [-0.4, -0.2) is 19.9 Å². The number of pyridine rings is 2. The molecule has 0 saturated carbocycles. The molecule has 0 atom stereocenters. The highest BCUT2D eigenvalue weighted by molar-refractivity contribution is 7.25. The molecule has 7 aromatic carbocycles. The number of thiophene rings is 1. The largest absolute Gasteiger partial charge is 0.254 e. The Hall–Kier alpha value is -7.34. The summed E-state index contributed by atoms with van der Waals surface area (Å²) in [5.41, 5.74) is 13.1. The summed E-state index contributed by atoms with van der Waals surface area (Å²) in [6.45, 7) is 0. The lowest BCUT2D eigenvalue weighted by molar-refractivity contribution is 1.18. The van der Waals surface area contributed by atoms with E-state index in [0.717, 1.165) is 77.8 Å². The second-order valence-electron chi connectivity index (χ2n) is 14.3. The Morgan fingerprint density at radius 1 is 0.351 bits per heavy atom. The molecule has 4 heterocycles. The molecule has 0 fully saturated rings. The fourth-order valence-electron chi connectivity index (χ4n) is 7.90. The van der Waals surface area contributed by atoms with Gasteiger partial charge in [-0.25, -0.2) is 15.0 Å². The third kappa shape index (κ3) is 6.02. The van der Waals surface area contributed by atoms with E-state index >= 15 is 0 Å². The number of benzene rings is 7. The molecule has 0 spiro atoms. The summed E-state index contributed by atoms with van der Waals surface area (Å²) in [5.74, 6) is 0.681. The molecular formula is C52H32N4S. The van der Waals surface area contributed by atoms with Crippen LogP contribution in [0.1, 0.15) is 0 Å². The van der Waals surface area contributed by atoms with Gasteiger partial charge in [0.15, 0.2) is 5.82 Å². The zero-order chi connectivity index (χ0) is 37.7. The summed E-state index contributed by atoms with van der Waals surface area (Å²) in [6, 6.07) is 66.2. The van der Waals surface area contributed by atoms with Gasteiger partial charge in [0.2, 0.25) is 0 Å². The second kappa shape index (κ2) is 13.7. The van der Waals surface area contributed by atoms with Crippen LogP contribution in [0.4, 0.5) is 0 Å². The van der Waals surface area contributed by atoms with Crippen molar-refractivity contribution in [1.29, 1.82) is 0 Å². The monoisotopic (exact) mass is 744 g/mol. The van der Waals surface area contributed by atoms with Crippen LogP contribution in [0.15, 0.2) is 194 Å². The van der Waals surface area contributed by atoms with Gasteiger partial charge in [0.05, 0.1) is 28.1 Å². The highest BCUT2D eigenvalue weighted by atomic mass is 32.1. The molecule has 57 heavy (non-hydrogen) atoms. The van der Waals surface area contributed by atoms with E-state index in [1.807, 2.05) is 41.8 Å². The zero-order valence-electron chi connectivity index (χ0n) is 30.7. The van der Waals surface area contributed by atoms with E-state index in [1.54, 1.807) is 0 Å². The van der Waals surface area contributed by atoms with Gasteiger partial charge >= 0.3 is 0 Å². The second-order valence-corrected chi connectivity index (χ2v) is 15.3. The van der Waals surface area contributed by atoms with Gasteiger partial charge in [-0.05, 0) is 70.8 Å². The molecule has 11 rings (SSSR count). The van der Waals surface area contributed by atoms with Crippen molar-refractivity contribution in [1.82, 2.24) is 19.9 Å². The lowest BCUT2D eigenvalue weighted by atomic mass is 9.92. The molecule has 0 unspecified atom stereocenters. The molecular weight excluding hydrogens is 713 g/mol. The molecule has 0 N–H and O–H groups in total. The maximum Gasteiger partial charge on any atom is 0.160 e. The van der Waals surface area contributed by atoms with Crippen LogP contribution in [0.5, 0.6) is 0 Å². The van der Waals surface area contributed by atoms with Crippen molar-refractivity contribution in [3.05, 3.63) is 194 Å². The fraction of sp³-hybridized carbons (Fsp3) is 0. The molecule has 4 nitrogen and oxygen atoms in total. The summed E-state index contributed by atoms with van der Waals surface area (Å²) in [5, 5.41) is 4.72. The molecule has 5 heteroatoms. The van der Waals surface area contributed by atoms with E-state index < -0.39 is 0 Å². The van der Waals surface area contributed by atoms with Crippen LogP contribution in [-0.2, 0) is 0 Å².